The summed E-state index contributed by atoms with van der Waals surface area (Å²) in [6.45, 7) is 1.32. The lowest BCUT2D eigenvalue weighted by molar-refractivity contribution is -0.174. The van der Waals surface area contributed by atoms with E-state index in [4.69, 9.17) is 10.2 Å². The summed E-state index contributed by atoms with van der Waals surface area (Å²) in [6, 6.07) is 0. The highest BCUT2D eigenvalue weighted by Gasteiger charge is 2.44. The van der Waals surface area contributed by atoms with E-state index in [9.17, 15) is 14.4 Å². The molecule has 78 valence electrons. The van der Waals surface area contributed by atoms with E-state index in [2.05, 4.69) is 0 Å². The first-order valence-corrected chi connectivity index (χ1v) is 4.70. The van der Waals surface area contributed by atoms with Gasteiger partial charge in [-0.3, -0.25) is 14.5 Å². The van der Waals surface area contributed by atoms with Gasteiger partial charge in [0.05, 0.1) is 11.8 Å². The summed E-state index contributed by atoms with van der Waals surface area (Å²) in [4.78, 5) is 32.8. The Morgan fingerprint density at radius 1 is 1.64 bits per heavy atom. The molecule has 0 aromatic rings. The third-order valence-electron chi connectivity index (χ3n) is 1.73. The van der Waals surface area contributed by atoms with Crippen molar-refractivity contribution < 1.29 is 24.6 Å². The second-order valence-corrected chi connectivity index (χ2v) is 4.14. The lowest BCUT2D eigenvalue weighted by atomic mass is 10.2. The molecule has 1 aliphatic rings. The summed E-state index contributed by atoms with van der Waals surface area (Å²) in [7, 11) is 0. The number of carboxylic acids is 1. The molecular weight excluding hydrogens is 210 g/mol. The molecule has 0 spiro atoms. The van der Waals surface area contributed by atoms with E-state index < -0.39 is 23.5 Å². The number of thioether (sulfide) groups is 1. The van der Waals surface area contributed by atoms with Gasteiger partial charge in [-0.1, -0.05) is 11.8 Å². The second-order valence-electron chi connectivity index (χ2n) is 2.78. The van der Waals surface area contributed by atoms with E-state index in [1.165, 1.54) is 6.92 Å². The van der Waals surface area contributed by atoms with Crippen LogP contribution in [-0.2, 0) is 14.4 Å². The Balaban J connectivity index is 2.61. The van der Waals surface area contributed by atoms with Gasteiger partial charge in [0.1, 0.15) is 0 Å². The first-order valence-electron chi connectivity index (χ1n) is 3.82. The molecule has 0 aliphatic carbocycles. The van der Waals surface area contributed by atoms with Crippen LogP contribution in [0.2, 0.25) is 0 Å². The second kappa shape index (κ2) is 3.97. The number of aliphatic hydroxyl groups excluding tert-OH is 1. The summed E-state index contributed by atoms with van der Waals surface area (Å²) in [5.41, 5.74) is 0. The van der Waals surface area contributed by atoms with Crippen molar-refractivity contribution in [1.29, 1.82) is 0 Å². The maximum absolute atomic E-state index is 10.9. The highest BCUT2D eigenvalue weighted by Crippen LogP contribution is 2.31. The molecule has 1 aliphatic heterocycles. The van der Waals surface area contributed by atoms with Crippen LogP contribution in [0.15, 0.2) is 0 Å². The van der Waals surface area contributed by atoms with Gasteiger partial charge in [0.2, 0.25) is 12.1 Å². The van der Waals surface area contributed by atoms with Crippen molar-refractivity contribution in [2.24, 2.45) is 0 Å². The summed E-state index contributed by atoms with van der Waals surface area (Å²) in [5.74, 6) is -1.95. The van der Waals surface area contributed by atoms with Crippen LogP contribution in [0.1, 0.15) is 13.3 Å². The van der Waals surface area contributed by atoms with Crippen molar-refractivity contribution in [2.45, 2.75) is 24.9 Å². The minimum Gasteiger partial charge on any atom is -0.478 e. The molecule has 0 aromatic heterocycles. The van der Waals surface area contributed by atoms with Gasteiger partial charge in [-0.05, 0) is 0 Å². The number of aliphatic carboxylic acids is 1. The van der Waals surface area contributed by atoms with E-state index in [1.54, 1.807) is 0 Å². The average molecular weight is 219 g/mol. The Hall–Kier alpha value is -1.08. The summed E-state index contributed by atoms with van der Waals surface area (Å²) in [5, 5.41) is 16.8. The van der Waals surface area contributed by atoms with Gasteiger partial charge in [-0.2, -0.15) is 0 Å². The Kier molecular flexibility index (Phi) is 3.12. The monoisotopic (exact) mass is 219 g/mol. The highest BCUT2D eigenvalue weighted by molar-refractivity contribution is 8.14. The summed E-state index contributed by atoms with van der Waals surface area (Å²) in [6.07, 6.45) is -1.76. The Bertz CT molecular complexity index is 292. The number of amides is 1. The van der Waals surface area contributed by atoms with Gasteiger partial charge in [-0.25, -0.2) is 4.79 Å². The number of likely N-dealkylation sites (tertiary alicyclic amines) is 1. The minimum atomic E-state index is -1.85. The topological polar surface area (TPSA) is 94.9 Å². The molecule has 7 heteroatoms. The molecule has 2 N–H and O–H groups in total. The fourth-order valence-corrected chi connectivity index (χ4v) is 2.06. The molecule has 0 radical (unpaired) electrons. The molecule has 0 saturated carbocycles. The zero-order chi connectivity index (χ0) is 10.9. The van der Waals surface area contributed by atoms with Gasteiger partial charge in [0.25, 0.3) is 0 Å². The number of nitrogens with zero attached hydrogens (tertiary/aromatic N) is 1. The van der Waals surface area contributed by atoms with E-state index in [0.29, 0.717) is 0 Å². The molecule has 0 aromatic carbocycles. The molecule has 0 bridgehead atoms. The van der Waals surface area contributed by atoms with Crippen LogP contribution in [0.3, 0.4) is 0 Å². The summed E-state index contributed by atoms with van der Waals surface area (Å²) < 4.78 is 0. The molecule has 6 nitrogen and oxygen atoms in total. The fourth-order valence-electron chi connectivity index (χ4n) is 1.10. The normalized spacial score (nSPS) is 22.9. The molecule has 1 fully saturated rings. The smallest absolute Gasteiger partial charge is 0.354 e. The van der Waals surface area contributed by atoms with Gasteiger partial charge >= 0.3 is 5.97 Å². The molecular formula is C7H9NO5S. The first-order chi connectivity index (χ1) is 6.43. The number of β-lactam (4-membered cyclic amide) rings is 1. The van der Waals surface area contributed by atoms with Crippen molar-refractivity contribution >= 4 is 28.8 Å². The zero-order valence-electron chi connectivity index (χ0n) is 7.34. The molecule has 2 atom stereocenters. The van der Waals surface area contributed by atoms with E-state index in [0.717, 1.165) is 16.7 Å². The van der Waals surface area contributed by atoms with Crippen LogP contribution in [0.25, 0.3) is 0 Å². The average Bonchev–Trinajstić information content (AvgIpc) is 2.01. The van der Waals surface area contributed by atoms with Crippen molar-refractivity contribution in [3.63, 3.8) is 0 Å². The van der Waals surface area contributed by atoms with Crippen molar-refractivity contribution in [3.8, 4) is 0 Å². The van der Waals surface area contributed by atoms with Crippen molar-refractivity contribution in [3.05, 3.63) is 0 Å². The SMILES string of the molecule is CC(=O)SC1CC(=O)N1C(O)C(=O)O. The number of aliphatic hydroxyl groups is 1. The molecule has 1 heterocycles. The van der Waals surface area contributed by atoms with E-state index in [-0.39, 0.29) is 11.5 Å². The predicted molar refractivity (Wildman–Crippen MR) is 47.2 cm³/mol. The van der Waals surface area contributed by atoms with Gasteiger partial charge in [0, 0.05) is 6.92 Å². The molecule has 2 unspecified atom stereocenters. The lowest BCUT2D eigenvalue weighted by Gasteiger charge is -2.40. The molecule has 1 saturated heterocycles. The lowest BCUT2D eigenvalue weighted by Crippen LogP contribution is -2.58. The minimum absolute atomic E-state index is 0.0919. The molecule has 1 amide bonds. The number of hydrogen-bond acceptors (Lipinski definition) is 5. The fraction of sp³-hybridized carbons (Fsp3) is 0.571. The van der Waals surface area contributed by atoms with Gasteiger partial charge < -0.3 is 10.2 Å². The van der Waals surface area contributed by atoms with Crippen molar-refractivity contribution in [1.82, 2.24) is 4.90 Å². The van der Waals surface area contributed by atoms with E-state index in [1.807, 2.05) is 0 Å². The highest BCUT2D eigenvalue weighted by atomic mass is 32.2. The number of rotatable bonds is 3. The maximum atomic E-state index is 10.9. The third kappa shape index (κ3) is 2.05. The summed E-state index contributed by atoms with van der Waals surface area (Å²) >= 11 is 0.842. The number of carbonyl (C=O) groups is 3. The van der Waals surface area contributed by atoms with E-state index >= 15 is 0 Å². The Morgan fingerprint density at radius 3 is 2.57 bits per heavy atom. The number of carboxylic acid groups (broad SMARTS) is 1. The number of hydrogen-bond donors (Lipinski definition) is 2. The number of carbonyl (C=O) groups excluding carboxylic acids is 2. The van der Waals surface area contributed by atoms with Crippen LogP contribution < -0.4 is 0 Å². The maximum Gasteiger partial charge on any atom is 0.354 e. The van der Waals surface area contributed by atoms with Crippen LogP contribution in [0.4, 0.5) is 0 Å². The van der Waals surface area contributed by atoms with Gasteiger partial charge in [0.15, 0.2) is 5.12 Å². The van der Waals surface area contributed by atoms with Crippen molar-refractivity contribution in [2.75, 3.05) is 0 Å². The van der Waals surface area contributed by atoms with Crippen LogP contribution in [-0.4, -0.2) is 43.7 Å². The Labute approximate surface area is 83.9 Å². The predicted octanol–water partition coefficient (Wildman–Crippen LogP) is -0.773. The van der Waals surface area contributed by atoms with Crippen LogP contribution >= 0.6 is 11.8 Å². The standard InChI is InChI=1S/C7H9NO5S/c1-3(9)14-5-2-4(10)8(5)6(11)7(12)13/h5-6,11H,2H2,1H3,(H,12,13). The van der Waals surface area contributed by atoms with Gasteiger partial charge in [-0.15, -0.1) is 0 Å². The van der Waals surface area contributed by atoms with Crippen LogP contribution in [0.5, 0.6) is 0 Å². The Morgan fingerprint density at radius 2 is 2.21 bits per heavy atom. The molecule has 1 rings (SSSR count). The van der Waals surface area contributed by atoms with Crippen LogP contribution in [0, 0.1) is 0 Å². The first kappa shape index (κ1) is 11.0. The third-order valence-corrected chi connectivity index (χ3v) is 2.73. The quantitative estimate of drug-likeness (QED) is 0.605. The largest absolute Gasteiger partial charge is 0.478 e. The molecule has 14 heavy (non-hydrogen) atoms. The zero-order valence-corrected chi connectivity index (χ0v) is 8.15.